The third-order valence-corrected chi connectivity index (χ3v) is 8.02. The van der Waals surface area contributed by atoms with E-state index in [1.807, 2.05) is 12.1 Å². The molecule has 2 aromatic rings. The van der Waals surface area contributed by atoms with Crippen LogP contribution < -0.4 is 0 Å². The van der Waals surface area contributed by atoms with E-state index in [0.29, 0.717) is 18.2 Å². The fourth-order valence-electron chi connectivity index (χ4n) is 6.07. The Labute approximate surface area is 191 Å². The normalized spacial score (nSPS) is 23.4. The molecular formula is C27H34FN3O. The standard InChI is InChI=1S/C27H34FN3O/c1-29-14-16-31(17-15-29)26(32)18-22-19-27(25-5-3-2-4-24(22)25)10-12-30(13-11-27)20-21-6-8-23(28)9-7-21/h2-9,22H,10-20H2,1H3/t22-/m1/s1. The zero-order chi connectivity index (χ0) is 22.1. The van der Waals surface area contributed by atoms with E-state index < -0.39 is 0 Å². The van der Waals surface area contributed by atoms with E-state index in [0.717, 1.165) is 65.1 Å². The Balaban J connectivity index is 1.25. The van der Waals surface area contributed by atoms with Crippen LogP contribution in [0.2, 0.25) is 0 Å². The van der Waals surface area contributed by atoms with Crippen LogP contribution in [0.3, 0.4) is 0 Å². The average molecular weight is 436 g/mol. The molecule has 0 saturated carbocycles. The van der Waals surface area contributed by atoms with Crippen LogP contribution in [-0.2, 0) is 16.8 Å². The van der Waals surface area contributed by atoms with Crippen LogP contribution in [-0.4, -0.2) is 66.9 Å². The molecule has 0 bridgehead atoms. The summed E-state index contributed by atoms with van der Waals surface area (Å²) < 4.78 is 13.2. The topological polar surface area (TPSA) is 26.8 Å². The van der Waals surface area contributed by atoms with E-state index in [1.54, 1.807) is 12.1 Å². The largest absolute Gasteiger partial charge is 0.340 e. The van der Waals surface area contributed by atoms with Crippen LogP contribution in [0.1, 0.15) is 48.3 Å². The molecule has 1 aliphatic carbocycles. The van der Waals surface area contributed by atoms with Crippen molar-refractivity contribution in [3.8, 4) is 0 Å². The van der Waals surface area contributed by atoms with Crippen molar-refractivity contribution in [3.05, 3.63) is 71.0 Å². The quantitative estimate of drug-likeness (QED) is 0.726. The number of nitrogens with zero attached hydrogens (tertiary/aromatic N) is 3. The molecule has 2 aliphatic heterocycles. The number of carbonyl (C=O) groups is 1. The van der Waals surface area contributed by atoms with Gasteiger partial charge in [-0.05, 0) is 79.6 Å². The third kappa shape index (κ3) is 4.33. The molecule has 1 atom stereocenters. The molecule has 32 heavy (non-hydrogen) atoms. The van der Waals surface area contributed by atoms with Gasteiger partial charge in [0, 0.05) is 39.1 Å². The molecule has 0 aromatic heterocycles. The second-order valence-electron chi connectivity index (χ2n) is 10.1. The zero-order valence-corrected chi connectivity index (χ0v) is 19.1. The lowest BCUT2D eigenvalue weighted by Gasteiger charge is -2.40. The van der Waals surface area contributed by atoms with Crippen molar-refractivity contribution in [2.24, 2.45) is 0 Å². The van der Waals surface area contributed by atoms with E-state index in [2.05, 4.69) is 46.0 Å². The maximum atomic E-state index is 13.2. The summed E-state index contributed by atoms with van der Waals surface area (Å²) in [5.74, 6) is 0.483. The predicted molar refractivity (Wildman–Crippen MR) is 125 cm³/mol. The number of hydrogen-bond acceptors (Lipinski definition) is 3. The minimum Gasteiger partial charge on any atom is -0.340 e. The van der Waals surface area contributed by atoms with Gasteiger partial charge in [0.2, 0.25) is 5.91 Å². The molecular weight excluding hydrogens is 401 g/mol. The van der Waals surface area contributed by atoms with Gasteiger partial charge in [-0.25, -0.2) is 4.39 Å². The van der Waals surface area contributed by atoms with Gasteiger partial charge in [-0.1, -0.05) is 36.4 Å². The smallest absolute Gasteiger partial charge is 0.223 e. The molecule has 2 saturated heterocycles. The minimum atomic E-state index is -0.175. The van der Waals surface area contributed by atoms with Crippen molar-refractivity contribution in [1.82, 2.24) is 14.7 Å². The number of likely N-dealkylation sites (N-methyl/N-ethyl adjacent to an activating group) is 1. The van der Waals surface area contributed by atoms with Crippen LogP contribution in [0.4, 0.5) is 4.39 Å². The van der Waals surface area contributed by atoms with Gasteiger partial charge in [0.25, 0.3) is 0 Å². The molecule has 3 aliphatic rings. The molecule has 0 unspecified atom stereocenters. The van der Waals surface area contributed by atoms with E-state index in [1.165, 1.54) is 16.7 Å². The first kappa shape index (κ1) is 21.6. The van der Waals surface area contributed by atoms with Crippen molar-refractivity contribution in [1.29, 1.82) is 0 Å². The number of piperazine rings is 1. The van der Waals surface area contributed by atoms with Gasteiger partial charge >= 0.3 is 0 Å². The lowest BCUT2D eigenvalue weighted by molar-refractivity contribution is -0.133. The van der Waals surface area contributed by atoms with E-state index in [4.69, 9.17) is 0 Å². The fraction of sp³-hybridized carbons (Fsp3) is 0.519. The fourth-order valence-corrected chi connectivity index (χ4v) is 6.07. The monoisotopic (exact) mass is 435 g/mol. The van der Waals surface area contributed by atoms with Crippen LogP contribution >= 0.6 is 0 Å². The molecule has 4 nitrogen and oxygen atoms in total. The van der Waals surface area contributed by atoms with Crippen LogP contribution in [0.25, 0.3) is 0 Å². The molecule has 2 fully saturated rings. The summed E-state index contributed by atoms with van der Waals surface area (Å²) in [5.41, 5.74) is 4.26. The number of hydrogen-bond donors (Lipinski definition) is 0. The molecule has 1 amide bonds. The van der Waals surface area contributed by atoms with Gasteiger partial charge in [0.15, 0.2) is 0 Å². The maximum Gasteiger partial charge on any atom is 0.223 e. The number of carbonyl (C=O) groups excluding carboxylic acids is 1. The Morgan fingerprint density at radius 3 is 2.38 bits per heavy atom. The molecule has 1 spiro atoms. The SMILES string of the molecule is CN1CCN(C(=O)C[C@@H]2CC3(CCN(Cc4ccc(F)cc4)CC3)c3ccccc32)CC1. The van der Waals surface area contributed by atoms with Crippen molar-refractivity contribution >= 4 is 5.91 Å². The lowest BCUT2D eigenvalue weighted by atomic mass is 9.73. The van der Waals surface area contributed by atoms with Crippen LogP contribution in [0.5, 0.6) is 0 Å². The van der Waals surface area contributed by atoms with Gasteiger partial charge < -0.3 is 9.80 Å². The Morgan fingerprint density at radius 1 is 0.969 bits per heavy atom. The molecule has 2 heterocycles. The minimum absolute atomic E-state index is 0.175. The Morgan fingerprint density at radius 2 is 1.66 bits per heavy atom. The first-order valence-corrected chi connectivity index (χ1v) is 12.0. The Kier molecular flexibility index (Phi) is 6.04. The van der Waals surface area contributed by atoms with E-state index in [9.17, 15) is 9.18 Å². The highest BCUT2D eigenvalue weighted by atomic mass is 19.1. The van der Waals surface area contributed by atoms with Crippen molar-refractivity contribution in [2.75, 3.05) is 46.3 Å². The number of fused-ring (bicyclic) bond motifs is 2. The van der Waals surface area contributed by atoms with Crippen LogP contribution in [0, 0.1) is 5.82 Å². The predicted octanol–water partition coefficient (Wildman–Crippen LogP) is 4.01. The summed E-state index contributed by atoms with van der Waals surface area (Å²) >= 11 is 0. The first-order chi connectivity index (χ1) is 15.5. The summed E-state index contributed by atoms with van der Waals surface area (Å²) in [6.45, 7) is 6.63. The Hall–Kier alpha value is -2.24. The molecule has 0 radical (unpaired) electrons. The van der Waals surface area contributed by atoms with Crippen molar-refractivity contribution in [2.45, 2.75) is 43.6 Å². The second kappa shape index (κ2) is 8.95. The number of rotatable bonds is 4. The summed E-state index contributed by atoms with van der Waals surface area (Å²) in [6.07, 6.45) is 3.99. The summed E-state index contributed by atoms with van der Waals surface area (Å²) in [4.78, 5) is 19.9. The van der Waals surface area contributed by atoms with E-state index in [-0.39, 0.29) is 11.2 Å². The molecule has 170 valence electrons. The number of likely N-dealkylation sites (tertiary alicyclic amines) is 1. The third-order valence-electron chi connectivity index (χ3n) is 8.02. The summed E-state index contributed by atoms with van der Waals surface area (Å²) in [5, 5.41) is 0. The summed E-state index contributed by atoms with van der Waals surface area (Å²) in [7, 11) is 2.13. The van der Waals surface area contributed by atoms with Crippen molar-refractivity contribution in [3.63, 3.8) is 0 Å². The van der Waals surface area contributed by atoms with E-state index >= 15 is 0 Å². The number of amides is 1. The summed E-state index contributed by atoms with van der Waals surface area (Å²) in [6, 6.07) is 15.8. The van der Waals surface area contributed by atoms with Crippen LogP contribution in [0.15, 0.2) is 48.5 Å². The van der Waals surface area contributed by atoms with Gasteiger partial charge in [-0.2, -0.15) is 0 Å². The average Bonchev–Trinajstić information content (AvgIpc) is 3.10. The highest BCUT2D eigenvalue weighted by Gasteiger charge is 2.45. The molecule has 5 rings (SSSR count). The Bertz CT molecular complexity index is 944. The van der Waals surface area contributed by atoms with Gasteiger partial charge in [-0.15, -0.1) is 0 Å². The molecule has 5 heteroatoms. The van der Waals surface area contributed by atoms with Gasteiger partial charge in [0.05, 0.1) is 0 Å². The lowest BCUT2D eigenvalue weighted by Crippen LogP contribution is -2.47. The molecule has 2 aromatic carbocycles. The first-order valence-electron chi connectivity index (χ1n) is 12.0. The molecule has 0 N–H and O–H groups in total. The van der Waals surface area contributed by atoms with Gasteiger partial charge in [-0.3, -0.25) is 9.69 Å². The second-order valence-corrected chi connectivity index (χ2v) is 10.1. The van der Waals surface area contributed by atoms with Crippen molar-refractivity contribution < 1.29 is 9.18 Å². The maximum absolute atomic E-state index is 13.2. The number of piperidine rings is 1. The number of benzene rings is 2. The van der Waals surface area contributed by atoms with Gasteiger partial charge in [0.1, 0.15) is 5.82 Å². The number of halogens is 1. The highest BCUT2D eigenvalue weighted by molar-refractivity contribution is 5.77. The highest BCUT2D eigenvalue weighted by Crippen LogP contribution is 2.52. The zero-order valence-electron chi connectivity index (χ0n) is 19.1.